The molecule has 4 fully saturated rings. The van der Waals surface area contributed by atoms with Gasteiger partial charge in [-0.3, -0.25) is 0 Å². The van der Waals surface area contributed by atoms with E-state index in [1.807, 2.05) is 24.4 Å². The molecule has 1 aliphatic carbocycles. The number of benzene rings is 1. The van der Waals surface area contributed by atoms with Crippen molar-refractivity contribution in [3.05, 3.63) is 54.9 Å². The summed E-state index contributed by atoms with van der Waals surface area (Å²) in [6.45, 7) is 4.03. The first-order valence-electron chi connectivity index (χ1n) is 14.0. The van der Waals surface area contributed by atoms with Crippen molar-refractivity contribution < 1.29 is 9.84 Å². The Morgan fingerprint density at radius 3 is 2.53 bits per heavy atom. The Balaban J connectivity index is 1.06. The molecule has 4 N–H and O–H groups in total. The highest BCUT2D eigenvalue weighted by Gasteiger charge is 2.46. The Morgan fingerprint density at radius 2 is 1.76 bits per heavy atom. The Labute approximate surface area is 223 Å². The Kier molecular flexibility index (Phi) is 5.80. The van der Waals surface area contributed by atoms with Crippen LogP contribution in [0.4, 0.5) is 17.2 Å². The van der Waals surface area contributed by atoms with Crippen molar-refractivity contribution in [2.75, 3.05) is 41.7 Å². The van der Waals surface area contributed by atoms with Crippen molar-refractivity contribution in [2.45, 2.75) is 56.7 Å². The monoisotopic (exact) mass is 512 g/mol. The number of hydrogen-bond donors (Lipinski definition) is 3. The Morgan fingerprint density at radius 1 is 1.00 bits per heavy atom. The summed E-state index contributed by atoms with van der Waals surface area (Å²) in [6.07, 6.45) is 11.1. The van der Waals surface area contributed by atoms with Gasteiger partial charge in [0.1, 0.15) is 17.7 Å². The van der Waals surface area contributed by atoms with E-state index in [1.165, 1.54) is 18.5 Å². The number of piperazine rings is 1. The van der Waals surface area contributed by atoms with Crippen LogP contribution >= 0.6 is 0 Å². The van der Waals surface area contributed by atoms with Crippen LogP contribution in [0.1, 0.15) is 38.5 Å². The highest BCUT2D eigenvalue weighted by molar-refractivity contribution is 5.77. The lowest BCUT2D eigenvalue weighted by atomic mass is 9.62. The number of piperidine rings is 1. The van der Waals surface area contributed by atoms with Crippen LogP contribution in [-0.2, 0) is 0 Å². The number of aromatic nitrogens is 2. The summed E-state index contributed by atoms with van der Waals surface area (Å²) in [4.78, 5) is 14.0. The van der Waals surface area contributed by atoms with Crippen LogP contribution in [0.5, 0.6) is 11.6 Å². The minimum atomic E-state index is 0.249. The summed E-state index contributed by atoms with van der Waals surface area (Å²) >= 11 is 0. The highest BCUT2D eigenvalue weighted by Crippen LogP contribution is 2.49. The van der Waals surface area contributed by atoms with Gasteiger partial charge in [0.25, 0.3) is 0 Å². The number of ether oxygens (including phenoxy) is 1. The minimum absolute atomic E-state index is 0.249. The molecular formula is C30H36N6O2. The lowest BCUT2D eigenvalue weighted by Gasteiger charge is -2.49. The molecule has 0 radical (unpaired) electrons. The number of nitrogens with zero attached hydrogens (tertiary/aromatic N) is 4. The van der Waals surface area contributed by atoms with Gasteiger partial charge in [-0.1, -0.05) is 18.2 Å². The number of rotatable bonds is 5. The van der Waals surface area contributed by atoms with Gasteiger partial charge in [-0.15, -0.1) is 0 Å². The molecule has 8 heteroatoms. The second-order valence-corrected chi connectivity index (χ2v) is 11.6. The van der Waals surface area contributed by atoms with Gasteiger partial charge in [0, 0.05) is 60.4 Å². The van der Waals surface area contributed by atoms with Crippen molar-refractivity contribution in [3.8, 4) is 22.8 Å². The number of hydrogen-bond acceptors (Lipinski definition) is 8. The number of phenolic OH excluding ortho intramolecular Hbond substituents is 1. The van der Waals surface area contributed by atoms with Gasteiger partial charge in [0.2, 0.25) is 5.88 Å². The molecular weight excluding hydrogens is 476 g/mol. The van der Waals surface area contributed by atoms with Crippen LogP contribution in [0.15, 0.2) is 54.9 Å². The van der Waals surface area contributed by atoms with Gasteiger partial charge in [-0.25, -0.2) is 9.97 Å². The summed E-state index contributed by atoms with van der Waals surface area (Å²) in [7, 11) is 0. The third-order valence-corrected chi connectivity index (χ3v) is 9.22. The van der Waals surface area contributed by atoms with E-state index in [1.54, 1.807) is 12.3 Å². The van der Waals surface area contributed by atoms with Gasteiger partial charge in [0.15, 0.2) is 0 Å². The van der Waals surface area contributed by atoms with E-state index < -0.39 is 0 Å². The van der Waals surface area contributed by atoms with Crippen LogP contribution in [-0.4, -0.2) is 59.4 Å². The van der Waals surface area contributed by atoms with Crippen LogP contribution in [0.25, 0.3) is 11.1 Å². The van der Waals surface area contributed by atoms with Crippen molar-refractivity contribution in [3.63, 3.8) is 0 Å². The molecule has 1 spiro atoms. The van der Waals surface area contributed by atoms with Crippen LogP contribution in [0, 0.1) is 5.41 Å². The fourth-order valence-electron chi connectivity index (χ4n) is 7.25. The van der Waals surface area contributed by atoms with Crippen molar-refractivity contribution >= 4 is 17.2 Å². The number of phenols is 1. The smallest absolute Gasteiger partial charge is 0.215 e. The molecule has 1 saturated carbocycles. The Hall–Kier alpha value is -3.52. The lowest BCUT2D eigenvalue weighted by Crippen LogP contribution is -2.54. The average molecular weight is 513 g/mol. The third-order valence-electron chi connectivity index (χ3n) is 9.22. The zero-order chi connectivity index (χ0) is 25.7. The number of nitrogens with two attached hydrogens (primary N) is 1. The molecule has 2 bridgehead atoms. The molecule has 8 nitrogen and oxygen atoms in total. The molecule has 3 saturated heterocycles. The number of aromatic hydroxyl groups is 1. The second kappa shape index (κ2) is 9.34. The number of pyridine rings is 2. The van der Waals surface area contributed by atoms with E-state index in [-0.39, 0.29) is 11.9 Å². The Bertz CT molecular complexity index is 1300. The molecule has 38 heavy (non-hydrogen) atoms. The van der Waals surface area contributed by atoms with Crippen LogP contribution in [0.2, 0.25) is 0 Å². The standard InChI is InChI=1S/C30H36N6O2/c31-29-26(13-20(17-34-29)25-3-1-2-4-27(25)37)35-18-22-5-6-23(19-35)36(22)21-7-10-33-28(14-21)38-24-15-30(16-24)8-11-32-12-9-30/h1-4,7,10,13-14,17,22-24,32,37H,5-6,8-9,11-12,15-16,18-19H2,(H2,31,34). The molecule has 1 aromatic carbocycles. The van der Waals surface area contributed by atoms with Crippen LogP contribution in [0.3, 0.4) is 0 Å². The maximum atomic E-state index is 10.4. The summed E-state index contributed by atoms with van der Waals surface area (Å²) < 4.78 is 6.36. The van der Waals surface area contributed by atoms with E-state index in [0.717, 1.165) is 74.6 Å². The number of fused-ring (bicyclic) bond motifs is 2. The maximum absolute atomic E-state index is 10.4. The molecule has 198 valence electrons. The number of anilines is 3. The van der Waals surface area contributed by atoms with Crippen molar-refractivity contribution in [1.82, 2.24) is 15.3 Å². The van der Waals surface area contributed by atoms with Crippen molar-refractivity contribution in [2.24, 2.45) is 5.41 Å². The molecule has 7 rings (SSSR count). The first kappa shape index (κ1) is 23.6. The number of para-hydroxylation sites is 1. The molecule has 2 atom stereocenters. The van der Waals surface area contributed by atoms with Gasteiger partial charge in [-0.2, -0.15) is 0 Å². The summed E-state index contributed by atoms with van der Waals surface area (Å²) in [5.74, 6) is 1.53. The molecule has 5 heterocycles. The molecule has 3 aromatic rings. The predicted molar refractivity (Wildman–Crippen MR) is 150 cm³/mol. The fraction of sp³-hybridized carbons (Fsp3) is 0.467. The summed E-state index contributed by atoms with van der Waals surface area (Å²) in [5, 5.41) is 13.8. The van der Waals surface area contributed by atoms with Gasteiger partial charge in [0.05, 0.1) is 5.69 Å². The second-order valence-electron chi connectivity index (χ2n) is 11.6. The third kappa shape index (κ3) is 4.21. The van der Waals surface area contributed by atoms with Crippen LogP contribution < -0.4 is 25.6 Å². The first-order chi connectivity index (χ1) is 18.6. The van der Waals surface area contributed by atoms with Gasteiger partial charge >= 0.3 is 0 Å². The molecule has 2 aromatic heterocycles. The highest BCUT2D eigenvalue weighted by atomic mass is 16.5. The number of nitrogen functional groups attached to an aromatic ring is 1. The lowest BCUT2D eigenvalue weighted by molar-refractivity contribution is -0.0367. The van der Waals surface area contributed by atoms with Crippen molar-refractivity contribution in [1.29, 1.82) is 0 Å². The largest absolute Gasteiger partial charge is 0.507 e. The fourth-order valence-corrected chi connectivity index (χ4v) is 7.25. The van der Waals surface area contributed by atoms with E-state index in [4.69, 9.17) is 10.5 Å². The average Bonchev–Trinajstić information content (AvgIpc) is 3.18. The number of nitrogens with one attached hydrogen (secondary N) is 1. The minimum Gasteiger partial charge on any atom is -0.507 e. The zero-order valence-electron chi connectivity index (χ0n) is 21.7. The van der Waals surface area contributed by atoms with E-state index in [9.17, 15) is 5.11 Å². The van der Waals surface area contributed by atoms with E-state index in [2.05, 4.69) is 43.3 Å². The van der Waals surface area contributed by atoms with Gasteiger partial charge < -0.3 is 30.7 Å². The first-order valence-corrected chi connectivity index (χ1v) is 14.0. The molecule has 4 aliphatic rings. The summed E-state index contributed by atoms with van der Waals surface area (Å²) in [6, 6.07) is 14.5. The van der Waals surface area contributed by atoms with Gasteiger partial charge in [-0.05, 0) is 75.2 Å². The maximum Gasteiger partial charge on any atom is 0.215 e. The normalized spacial score (nSPS) is 24.4. The quantitative estimate of drug-likeness (QED) is 0.468. The summed E-state index contributed by atoms with van der Waals surface area (Å²) in [5.41, 5.74) is 10.7. The zero-order valence-corrected chi connectivity index (χ0v) is 21.7. The molecule has 0 amide bonds. The topological polar surface area (TPSA) is 99.8 Å². The molecule has 3 aliphatic heterocycles. The van der Waals surface area contributed by atoms with E-state index in [0.29, 0.717) is 23.3 Å². The SMILES string of the molecule is Nc1ncc(-c2ccccc2O)cc1N1CC2CCC(C1)N2c1ccnc(OC2CC3(CCNCC3)C2)c1. The molecule has 2 unspecified atom stereocenters. The predicted octanol–water partition coefficient (Wildman–Crippen LogP) is 4.20. The van der Waals surface area contributed by atoms with E-state index >= 15 is 0 Å².